The maximum Gasteiger partial charge on any atom is 0.258 e. The fourth-order valence-corrected chi connectivity index (χ4v) is 2.01. The van der Waals surface area contributed by atoms with Crippen LogP contribution in [0.1, 0.15) is 10.7 Å². The highest BCUT2D eigenvalue weighted by Crippen LogP contribution is 2.08. The van der Waals surface area contributed by atoms with E-state index in [1.54, 1.807) is 11.3 Å². The Labute approximate surface area is 110 Å². The third-order valence-electron chi connectivity index (χ3n) is 2.25. The predicted molar refractivity (Wildman–Crippen MR) is 70.6 cm³/mol. The number of benzene rings is 1. The quantitative estimate of drug-likeness (QED) is 0.898. The fourth-order valence-electron chi connectivity index (χ4n) is 1.40. The number of thiazole rings is 1. The van der Waals surface area contributed by atoms with Gasteiger partial charge in [-0.25, -0.2) is 4.98 Å². The number of nitrogens with zero attached hydrogens (tertiary/aromatic N) is 1. The minimum atomic E-state index is -0.149. The van der Waals surface area contributed by atoms with E-state index in [0.717, 1.165) is 10.7 Å². The molecule has 94 valence electrons. The largest absolute Gasteiger partial charge is 0.484 e. The number of aryl methyl sites for hydroxylation is 1. The smallest absolute Gasteiger partial charge is 0.258 e. The van der Waals surface area contributed by atoms with Crippen molar-refractivity contribution in [3.63, 3.8) is 0 Å². The molecule has 5 heteroatoms. The maximum absolute atomic E-state index is 11.5. The summed E-state index contributed by atoms with van der Waals surface area (Å²) in [7, 11) is 0. The van der Waals surface area contributed by atoms with E-state index < -0.39 is 0 Å². The minimum absolute atomic E-state index is 0.0210. The van der Waals surface area contributed by atoms with Crippen molar-refractivity contribution in [1.29, 1.82) is 0 Å². The molecule has 0 saturated heterocycles. The molecule has 1 N–H and O–H groups in total. The zero-order chi connectivity index (χ0) is 12.8. The van der Waals surface area contributed by atoms with Gasteiger partial charge < -0.3 is 10.1 Å². The third kappa shape index (κ3) is 3.85. The second-order valence-corrected chi connectivity index (χ2v) is 4.80. The van der Waals surface area contributed by atoms with Crippen LogP contribution < -0.4 is 10.1 Å². The number of nitrogens with one attached hydrogen (secondary N) is 1. The van der Waals surface area contributed by atoms with E-state index in [4.69, 9.17) is 4.74 Å². The first kappa shape index (κ1) is 12.6. The van der Waals surface area contributed by atoms with Crippen LogP contribution in [0.4, 0.5) is 0 Å². The van der Waals surface area contributed by atoms with Crippen LogP contribution in [-0.4, -0.2) is 17.5 Å². The Morgan fingerprint density at radius 3 is 2.83 bits per heavy atom. The van der Waals surface area contributed by atoms with Crippen molar-refractivity contribution in [2.75, 3.05) is 6.61 Å². The molecule has 1 amide bonds. The molecule has 0 spiro atoms. The molecule has 4 nitrogen and oxygen atoms in total. The molecule has 1 aromatic heterocycles. The maximum atomic E-state index is 11.5. The normalized spacial score (nSPS) is 10.1. The molecule has 2 aromatic rings. The van der Waals surface area contributed by atoms with Gasteiger partial charge in [0.05, 0.1) is 17.2 Å². The average Bonchev–Trinajstić information content (AvgIpc) is 2.81. The summed E-state index contributed by atoms with van der Waals surface area (Å²) in [5, 5.41) is 5.70. The van der Waals surface area contributed by atoms with Crippen molar-refractivity contribution in [3.05, 3.63) is 46.4 Å². The van der Waals surface area contributed by atoms with Crippen molar-refractivity contribution < 1.29 is 9.53 Å². The number of carbonyl (C=O) groups is 1. The van der Waals surface area contributed by atoms with Gasteiger partial charge in [0.2, 0.25) is 0 Å². The first-order chi connectivity index (χ1) is 8.74. The van der Waals surface area contributed by atoms with Gasteiger partial charge in [0.15, 0.2) is 6.61 Å². The molecule has 18 heavy (non-hydrogen) atoms. The highest BCUT2D eigenvalue weighted by molar-refractivity contribution is 7.09. The predicted octanol–water partition coefficient (Wildman–Crippen LogP) is 2.15. The van der Waals surface area contributed by atoms with E-state index in [9.17, 15) is 4.79 Å². The Bertz CT molecular complexity index is 511. The minimum Gasteiger partial charge on any atom is -0.484 e. The second-order valence-electron chi connectivity index (χ2n) is 3.74. The number of aromatic nitrogens is 1. The molecule has 2 rings (SSSR count). The lowest BCUT2D eigenvalue weighted by molar-refractivity contribution is -0.123. The topological polar surface area (TPSA) is 51.2 Å². The summed E-state index contributed by atoms with van der Waals surface area (Å²) < 4.78 is 5.33. The lowest BCUT2D eigenvalue weighted by Crippen LogP contribution is -2.28. The van der Waals surface area contributed by atoms with Crippen molar-refractivity contribution >= 4 is 17.2 Å². The molecule has 0 atom stereocenters. The second kappa shape index (κ2) is 6.16. The van der Waals surface area contributed by atoms with Crippen LogP contribution in [0.25, 0.3) is 0 Å². The van der Waals surface area contributed by atoms with E-state index >= 15 is 0 Å². The first-order valence-corrected chi connectivity index (χ1v) is 6.47. The van der Waals surface area contributed by atoms with Gasteiger partial charge in [-0.3, -0.25) is 4.79 Å². The summed E-state index contributed by atoms with van der Waals surface area (Å²) in [5.41, 5.74) is 0.880. The summed E-state index contributed by atoms with van der Waals surface area (Å²) in [6.45, 7) is 2.41. The lowest BCUT2D eigenvalue weighted by atomic mass is 10.3. The number of hydrogen-bond donors (Lipinski definition) is 1. The monoisotopic (exact) mass is 262 g/mol. The molecule has 0 radical (unpaired) electrons. The van der Waals surface area contributed by atoms with Gasteiger partial charge in [-0.15, -0.1) is 11.3 Å². The van der Waals surface area contributed by atoms with E-state index in [1.807, 2.05) is 42.6 Å². The third-order valence-corrected chi connectivity index (χ3v) is 3.07. The zero-order valence-electron chi connectivity index (χ0n) is 10.1. The molecule has 0 bridgehead atoms. The molecule has 0 aliphatic rings. The van der Waals surface area contributed by atoms with Gasteiger partial charge in [-0.05, 0) is 19.1 Å². The molecule has 1 aromatic carbocycles. The van der Waals surface area contributed by atoms with E-state index in [0.29, 0.717) is 12.3 Å². The van der Waals surface area contributed by atoms with Crippen LogP contribution >= 0.6 is 11.3 Å². The highest BCUT2D eigenvalue weighted by Gasteiger charge is 2.04. The van der Waals surface area contributed by atoms with Crippen LogP contribution in [0.15, 0.2) is 35.7 Å². The van der Waals surface area contributed by atoms with Crippen molar-refractivity contribution in [1.82, 2.24) is 10.3 Å². The Hall–Kier alpha value is -1.88. The standard InChI is InChI=1S/C13H14N2O2S/c1-10-15-11(9-18-10)7-14-13(16)8-17-12-5-3-2-4-6-12/h2-6,9H,7-8H2,1H3,(H,14,16). The first-order valence-electron chi connectivity index (χ1n) is 5.59. The zero-order valence-corrected chi connectivity index (χ0v) is 10.9. The van der Waals surface area contributed by atoms with Crippen LogP contribution in [0, 0.1) is 6.92 Å². The Kier molecular flexibility index (Phi) is 4.30. The van der Waals surface area contributed by atoms with Crippen LogP contribution in [0.5, 0.6) is 5.75 Å². The molecule has 0 saturated carbocycles. The highest BCUT2D eigenvalue weighted by atomic mass is 32.1. The molecule has 0 aliphatic carbocycles. The van der Waals surface area contributed by atoms with E-state index in [-0.39, 0.29) is 12.5 Å². The van der Waals surface area contributed by atoms with Crippen LogP contribution in [0.3, 0.4) is 0 Å². The van der Waals surface area contributed by atoms with Crippen molar-refractivity contribution in [2.24, 2.45) is 0 Å². The number of para-hydroxylation sites is 1. The number of amides is 1. The molecule has 0 aliphatic heterocycles. The summed E-state index contributed by atoms with van der Waals surface area (Å²) >= 11 is 1.57. The van der Waals surface area contributed by atoms with Gasteiger partial charge >= 0.3 is 0 Å². The summed E-state index contributed by atoms with van der Waals surface area (Å²) in [5.74, 6) is 0.543. The average molecular weight is 262 g/mol. The number of carbonyl (C=O) groups excluding carboxylic acids is 1. The summed E-state index contributed by atoms with van der Waals surface area (Å²) in [6.07, 6.45) is 0. The summed E-state index contributed by atoms with van der Waals surface area (Å²) in [4.78, 5) is 15.8. The van der Waals surface area contributed by atoms with E-state index in [1.165, 1.54) is 0 Å². The van der Waals surface area contributed by atoms with Gasteiger partial charge in [0.1, 0.15) is 5.75 Å². The molecule has 0 fully saturated rings. The van der Waals surface area contributed by atoms with E-state index in [2.05, 4.69) is 10.3 Å². The molecule has 0 unspecified atom stereocenters. The number of hydrogen-bond acceptors (Lipinski definition) is 4. The molecular formula is C13H14N2O2S. The molecule has 1 heterocycles. The number of ether oxygens (including phenoxy) is 1. The van der Waals surface area contributed by atoms with Crippen LogP contribution in [-0.2, 0) is 11.3 Å². The summed E-state index contributed by atoms with van der Waals surface area (Å²) in [6, 6.07) is 9.27. The van der Waals surface area contributed by atoms with Gasteiger partial charge in [0.25, 0.3) is 5.91 Å². The Morgan fingerprint density at radius 2 is 2.17 bits per heavy atom. The lowest BCUT2D eigenvalue weighted by Gasteiger charge is -2.06. The SMILES string of the molecule is Cc1nc(CNC(=O)COc2ccccc2)cs1. The Morgan fingerprint density at radius 1 is 1.39 bits per heavy atom. The van der Waals surface area contributed by atoms with Gasteiger partial charge in [-0.2, -0.15) is 0 Å². The number of rotatable bonds is 5. The van der Waals surface area contributed by atoms with Gasteiger partial charge in [-0.1, -0.05) is 18.2 Å². The van der Waals surface area contributed by atoms with Crippen LogP contribution in [0.2, 0.25) is 0 Å². The van der Waals surface area contributed by atoms with Gasteiger partial charge in [0, 0.05) is 5.38 Å². The van der Waals surface area contributed by atoms with Crippen molar-refractivity contribution in [3.8, 4) is 5.75 Å². The van der Waals surface area contributed by atoms with Crippen molar-refractivity contribution in [2.45, 2.75) is 13.5 Å². The molecular weight excluding hydrogens is 248 g/mol. The fraction of sp³-hybridized carbons (Fsp3) is 0.231. The Balaban J connectivity index is 1.73.